The number of anilines is 1. The van der Waals surface area contributed by atoms with Crippen LogP contribution in [-0.2, 0) is 11.2 Å². The van der Waals surface area contributed by atoms with Gasteiger partial charge in [-0.15, -0.1) is 0 Å². The number of aromatic amines is 1. The first-order valence-corrected chi connectivity index (χ1v) is 7.59. The summed E-state index contributed by atoms with van der Waals surface area (Å²) < 4.78 is 4.98. The maximum atomic E-state index is 12.0. The van der Waals surface area contributed by atoms with Crippen LogP contribution < -0.4 is 11.1 Å². The molecule has 0 saturated heterocycles. The molecule has 0 unspecified atom stereocenters. The number of carbonyl (C=O) groups is 1. The fraction of sp³-hybridized carbons (Fsp3) is 0.222. The number of H-pyrrole nitrogens is 1. The third kappa shape index (κ3) is 3.69. The van der Waals surface area contributed by atoms with E-state index >= 15 is 0 Å². The van der Waals surface area contributed by atoms with Crippen LogP contribution in [0.2, 0.25) is 0 Å². The van der Waals surface area contributed by atoms with E-state index in [0.29, 0.717) is 23.2 Å². The van der Waals surface area contributed by atoms with Gasteiger partial charge in [0.25, 0.3) is 0 Å². The van der Waals surface area contributed by atoms with Gasteiger partial charge < -0.3 is 9.73 Å². The van der Waals surface area contributed by atoms with Crippen molar-refractivity contribution in [3.63, 3.8) is 0 Å². The number of carbonyl (C=O) groups excluding carboxylic acids is 1. The van der Waals surface area contributed by atoms with Crippen molar-refractivity contribution in [1.82, 2.24) is 4.98 Å². The quantitative estimate of drug-likeness (QED) is 0.758. The van der Waals surface area contributed by atoms with Crippen molar-refractivity contribution in [2.45, 2.75) is 26.2 Å². The molecule has 118 valence electrons. The molecule has 23 heavy (non-hydrogen) atoms. The Morgan fingerprint density at radius 2 is 2.04 bits per heavy atom. The van der Waals surface area contributed by atoms with Crippen molar-refractivity contribution < 1.29 is 9.21 Å². The molecule has 2 aromatic carbocycles. The third-order valence-corrected chi connectivity index (χ3v) is 3.82. The van der Waals surface area contributed by atoms with Gasteiger partial charge >= 0.3 is 5.76 Å². The minimum Gasteiger partial charge on any atom is -0.408 e. The van der Waals surface area contributed by atoms with E-state index in [1.165, 1.54) is 11.1 Å². The summed E-state index contributed by atoms with van der Waals surface area (Å²) >= 11 is 0. The minimum atomic E-state index is -0.498. The van der Waals surface area contributed by atoms with Crippen LogP contribution in [0, 0.1) is 6.92 Å². The van der Waals surface area contributed by atoms with Crippen LogP contribution in [-0.4, -0.2) is 10.9 Å². The minimum absolute atomic E-state index is 0.0455. The van der Waals surface area contributed by atoms with Crippen LogP contribution in [0.25, 0.3) is 11.1 Å². The number of rotatable bonds is 5. The number of aryl methyl sites for hydroxylation is 2. The summed E-state index contributed by atoms with van der Waals surface area (Å²) in [6.07, 6.45) is 2.12. The molecule has 0 radical (unpaired) electrons. The lowest BCUT2D eigenvalue weighted by Crippen LogP contribution is -2.11. The molecule has 0 aliphatic carbocycles. The highest BCUT2D eigenvalue weighted by Gasteiger charge is 2.06. The van der Waals surface area contributed by atoms with E-state index in [9.17, 15) is 9.59 Å². The fourth-order valence-electron chi connectivity index (χ4n) is 2.58. The Morgan fingerprint density at radius 1 is 1.22 bits per heavy atom. The number of aromatic nitrogens is 1. The Kier molecular flexibility index (Phi) is 4.28. The smallest absolute Gasteiger partial charge is 0.408 e. The monoisotopic (exact) mass is 310 g/mol. The molecular formula is C18H18N2O3. The number of nitrogens with one attached hydrogen (secondary N) is 2. The van der Waals surface area contributed by atoms with Crippen molar-refractivity contribution in [2.75, 3.05) is 5.32 Å². The van der Waals surface area contributed by atoms with Crippen molar-refractivity contribution in [3.05, 3.63) is 64.1 Å². The van der Waals surface area contributed by atoms with Crippen LogP contribution in [0.4, 0.5) is 5.69 Å². The molecule has 0 aliphatic heterocycles. The molecule has 1 heterocycles. The number of benzene rings is 2. The summed E-state index contributed by atoms with van der Waals surface area (Å²) in [4.78, 5) is 25.7. The van der Waals surface area contributed by atoms with Crippen LogP contribution in [0.3, 0.4) is 0 Å². The number of hydrogen-bond acceptors (Lipinski definition) is 3. The van der Waals surface area contributed by atoms with E-state index in [1.807, 2.05) is 12.1 Å². The van der Waals surface area contributed by atoms with Gasteiger partial charge in [-0.2, -0.15) is 0 Å². The molecule has 0 atom stereocenters. The standard InChI is InChI=1S/C18H18N2O3/c1-12-5-2-3-6-13(12)7-4-8-17(21)19-14-9-10-15-16(11-14)23-18(22)20-15/h2-3,5-6,9-11H,4,7-8H2,1H3,(H,19,21)(H,20,22). The summed E-state index contributed by atoms with van der Waals surface area (Å²) in [5.41, 5.74) is 4.21. The molecule has 0 spiro atoms. The van der Waals surface area contributed by atoms with Crippen LogP contribution >= 0.6 is 0 Å². The average molecular weight is 310 g/mol. The van der Waals surface area contributed by atoms with E-state index < -0.39 is 5.76 Å². The first-order valence-electron chi connectivity index (χ1n) is 7.59. The summed E-state index contributed by atoms with van der Waals surface area (Å²) in [7, 11) is 0. The second-order valence-electron chi connectivity index (χ2n) is 5.55. The Labute approximate surface area is 133 Å². The largest absolute Gasteiger partial charge is 0.417 e. The van der Waals surface area contributed by atoms with Gasteiger partial charge in [0.1, 0.15) is 0 Å². The van der Waals surface area contributed by atoms with E-state index in [4.69, 9.17) is 4.42 Å². The molecule has 1 aromatic heterocycles. The maximum absolute atomic E-state index is 12.0. The zero-order valence-corrected chi connectivity index (χ0v) is 12.9. The van der Waals surface area contributed by atoms with Gasteiger partial charge in [-0.1, -0.05) is 24.3 Å². The molecule has 2 N–H and O–H groups in total. The first-order chi connectivity index (χ1) is 11.1. The number of hydrogen-bond donors (Lipinski definition) is 2. The van der Waals surface area contributed by atoms with Gasteiger partial charge in [-0.25, -0.2) is 4.79 Å². The molecule has 3 rings (SSSR count). The van der Waals surface area contributed by atoms with Gasteiger partial charge in [-0.05, 0) is 43.0 Å². The summed E-state index contributed by atoms with van der Waals surface area (Å²) in [5, 5.41) is 2.83. The maximum Gasteiger partial charge on any atom is 0.417 e. The lowest BCUT2D eigenvalue weighted by Gasteiger charge is -2.07. The lowest BCUT2D eigenvalue weighted by atomic mass is 10.0. The fourth-order valence-corrected chi connectivity index (χ4v) is 2.58. The topological polar surface area (TPSA) is 75.1 Å². The lowest BCUT2D eigenvalue weighted by molar-refractivity contribution is -0.116. The summed E-state index contributed by atoms with van der Waals surface area (Å²) in [6, 6.07) is 13.3. The second-order valence-corrected chi connectivity index (χ2v) is 5.55. The Balaban J connectivity index is 1.56. The zero-order valence-electron chi connectivity index (χ0n) is 12.9. The molecule has 5 nitrogen and oxygen atoms in total. The number of fused-ring (bicyclic) bond motifs is 1. The van der Waals surface area contributed by atoms with Crippen LogP contribution in [0.1, 0.15) is 24.0 Å². The van der Waals surface area contributed by atoms with Crippen molar-refractivity contribution in [2.24, 2.45) is 0 Å². The number of amides is 1. The number of oxazole rings is 1. The van der Waals surface area contributed by atoms with Gasteiger partial charge in [-0.3, -0.25) is 9.78 Å². The van der Waals surface area contributed by atoms with Crippen molar-refractivity contribution in [1.29, 1.82) is 0 Å². The molecule has 0 fully saturated rings. The highest BCUT2D eigenvalue weighted by molar-refractivity contribution is 5.92. The normalized spacial score (nSPS) is 10.8. The van der Waals surface area contributed by atoms with E-state index in [1.54, 1.807) is 18.2 Å². The van der Waals surface area contributed by atoms with Gasteiger partial charge in [0, 0.05) is 18.2 Å². The SMILES string of the molecule is Cc1ccccc1CCCC(=O)Nc1ccc2[nH]c(=O)oc2c1. The molecule has 1 amide bonds. The zero-order chi connectivity index (χ0) is 16.2. The van der Waals surface area contributed by atoms with Crippen LogP contribution in [0.15, 0.2) is 51.7 Å². The third-order valence-electron chi connectivity index (χ3n) is 3.82. The second kappa shape index (κ2) is 6.52. The highest BCUT2D eigenvalue weighted by Crippen LogP contribution is 2.17. The average Bonchev–Trinajstić information content (AvgIpc) is 2.88. The predicted octanol–water partition coefficient (Wildman–Crippen LogP) is 3.39. The van der Waals surface area contributed by atoms with Crippen molar-refractivity contribution in [3.8, 4) is 0 Å². The molecule has 3 aromatic rings. The Bertz CT molecular complexity index is 892. The summed E-state index contributed by atoms with van der Waals surface area (Å²) in [5.74, 6) is -0.544. The van der Waals surface area contributed by atoms with Gasteiger partial charge in [0.15, 0.2) is 5.58 Å². The van der Waals surface area contributed by atoms with Gasteiger partial charge in [0.2, 0.25) is 5.91 Å². The van der Waals surface area contributed by atoms with Gasteiger partial charge in [0.05, 0.1) is 5.52 Å². The van der Waals surface area contributed by atoms with Crippen LogP contribution in [0.5, 0.6) is 0 Å². The predicted molar refractivity (Wildman–Crippen MR) is 89.6 cm³/mol. The molecule has 0 saturated carbocycles. The summed E-state index contributed by atoms with van der Waals surface area (Å²) in [6.45, 7) is 2.08. The van der Waals surface area contributed by atoms with E-state index in [0.717, 1.165) is 12.8 Å². The Hall–Kier alpha value is -2.82. The highest BCUT2D eigenvalue weighted by atomic mass is 16.4. The van der Waals surface area contributed by atoms with Crippen molar-refractivity contribution >= 4 is 22.7 Å². The molecule has 0 aliphatic rings. The molecule has 5 heteroatoms. The first kappa shape index (κ1) is 15.1. The van der Waals surface area contributed by atoms with E-state index in [2.05, 4.69) is 29.4 Å². The molecule has 0 bridgehead atoms. The molecular weight excluding hydrogens is 292 g/mol. The Morgan fingerprint density at radius 3 is 2.87 bits per heavy atom. The van der Waals surface area contributed by atoms with E-state index in [-0.39, 0.29) is 5.91 Å².